The van der Waals surface area contributed by atoms with Crippen molar-refractivity contribution in [3.63, 3.8) is 0 Å². The number of carbonyl (C=O) groups is 2. The summed E-state index contributed by atoms with van der Waals surface area (Å²) in [5.41, 5.74) is 4.08. The molecule has 3 aromatic carbocycles. The number of piperazine rings is 1. The van der Waals surface area contributed by atoms with Gasteiger partial charge < -0.3 is 10.2 Å². The third-order valence-corrected chi connectivity index (χ3v) is 5.68. The van der Waals surface area contributed by atoms with Crippen molar-refractivity contribution >= 4 is 17.5 Å². The summed E-state index contributed by atoms with van der Waals surface area (Å²) >= 11 is 0. The Morgan fingerprint density at radius 2 is 1.45 bits per heavy atom. The molecule has 31 heavy (non-hydrogen) atoms. The van der Waals surface area contributed by atoms with Crippen LogP contribution in [0.5, 0.6) is 0 Å². The lowest BCUT2D eigenvalue weighted by Gasteiger charge is -2.35. The molecule has 0 spiro atoms. The van der Waals surface area contributed by atoms with E-state index in [9.17, 15) is 9.59 Å². The molecule has 0 aliphatic carbocycles. The van der Waals surface area contributed by atoms with Crippen LogP contribution < -0.4 is 5.32 Å². The predicted molar refractivity (Wildman–Crippen MR) is 123 cm³/mol. The van der Waals surface area contributed by atoms with Gasteiger partial charge in [0.1, 0.15) is 0 Å². The van der Waals surface area contributed by atoms with Crippen LogP contribution in [0.1, 0.15) is 31.8 Å². The fraction of sp³-hybridized carbons (Fsp3) is 0.231. The van der Waals surface area contributed by atoms with Gasteiger partial charge in [0.05, 0.1) is 0 Å². The Hall–Kier alpha value is -3.44. The number of aryl methyl sites for hydroxylation is 1. The van der Waals surface area contributed by atoms with Crippen LogP contribution >= 0.6 is 0 Å². The number of nitrogens with one attached hydrogen (secondary N) is 1. The Kier molecular flexibility index (Phi) is 6.43. The number of amides is 2. The van der Waals surface area contributed by atoms with E-state index in [1.54, 1.807) is 18.2 Å². The maximum absolute atomic E-state index is 13.1. The first kappa shape index (κ1) is 20.8. The minimum Gasteiger partial charge on any atom is -0.336 e. The molecule has 0 radical (unpaired) electrons. The van der Waals surface area contributed by atoms with E-state index in [1.807, 2.05) is 48.2 Å². The molecule has 1 saturated heterocycles. The summed E-state index contributed by atoms with van der Waals surface area (Å²) in [4.78, 5) is 29.9. The predicted octanol–water partition coefficient (Wildman–Crippen LogP) is 4.21. The SMILES string of the molecule is Cc1ccc(C(=O)N2CCN(Cc3ccccc3)CC2)cc1NC(=O)c1ccccc1. The van der Waals surface area contributed by atoms with Crippen molar-refractivity contribution in [3.05, 3.63) is 101 Å². The zero-order valence-corrected chi connectivity index (χ0v) is 17.8. The monoisotopic (exact) mass is 413 g/mol. The second-order valence-electron chi connectivity index (χ2n) is 7.90. The number of nitrogens with zero attached hydrogens (tertiary/aromatic N) is 2. The number of hydrogen-bond donors (Lipinski definition) is 1. The Bertz CT molecular complexity index is 1040. The molecule has 1 N–H and O–H groups in total. The number of hydrogen-bond acceptors (Lipinski definition) is 3. The Morgan fingerprint density at radius 3 is 2.13 bits per heavy atom. The van der Waals surface area contributed by atoms with E-state index in [-0.39, 0.29) is 11.8 Å². The van der Waals surface area contributed by atoms with Crippen molar-refractivity contribution in [1.29, 1.82) is 0 Å². The standard InChI is InChI=1S/C26H27N3O2/c1-20-12-13-23(18-24(20)27-25(30)22-10-6-3-7-11-22)26(31)29-16-14-28(15-17-29)19-21-8-4-2-5-9-21/h2-13,18H,14-17,19H2,1H3,(H,27,30). The van der Waals surface area contributed by atoms with Crippen LogP contribution in [-0.4, -0.2) is 47.8 Å². The third-order valence-electron chi connectivity index (χ3n) is 5.68. The van der Waals surface area contributed by atoms with Crippen LogP contribution in [0.25, 0.3) is 0 Å². The van der Waals surface area contributed by atoms with E-state index in [0.717, 1.165) is 25.2 Å². The van der Waals surface area contributed by atoms with Crippen molar-refractivity contribution in [1.82, 2.24) is 9.80 Å². The highest BCUT2D eigenvalue weighted by Crippen LogP contribution is 2.20. The number of rotatable bonds is 5. The van der Waals surface area contributed by atoms with Gasteiger partial charge in [0.25, 0.3) is 11.8 Å². The second kappa shape index (κ2) is 9.58. The molecule has 0 bridgehead atoms. The van der Waals surface area contributed by atoms with Gasteiger partial charge in [0.2, 0.25) is 0 Å². The van der Waals surface area contributed by atoms with Gasteiger partial charge >= 0.3 is 0 Å². The summed E-state index contributed by atoms with van der Waals surface area (Å²) in [5, 5.41) is 2.94. The number of benzene rings is 3. The van der Waals surface area contributed by atoms with Crippen molar-refractivity contribution in [2.24, 2.45) is 0 Å². The van der Waals surface area contributed by atoms with Crippen molar-refractivity contribution < 1.29 is 9.59 Å². The zero-order valence-electron chi connectivity index (χ0n) is 17.8. The molecule has 2 amide bonds. The minimum absolute atomic E-state index is 0.00886. The summed E-state index contributed by atoms with van der Waals surface area (Å²) < 4.78 is 0. The molecule has 1 aliphatic heterocycles. The lowest BCUT2D eigenvalue weighted by atomic mass is 10.1. The summed E-state index contributed by atoms with van der Waals surface area (Å²) in [6.45, 7) is 5.94. The Morgan fingerprint density at radius 1 is 0.806 bits per heavy atom. The molecule has 5 nitrogen and oxygen atoms in total. The highest BCUT2D eigenvalue weighted by molar-refractivity contribution is 6.05. The van der Waals surface area contributed by atoms with Gasteiger partial charge in [-0.15, -0.1) is 0 Å². The molecule has 3 aromatic rings. The molecule has 0 atom stereocenters. The van der Waals surface area contributed by atoms with E-state index in [0.29, 0.717) is 29.9 Å². The largest absolute Gasteiger partial charge is 0.336 e. The first-order chi connectivity index (χ1) is 15.1. The van der Waals surface area contributed by atoms with Gasteiger partial charge in [-0.1, -0.05) is 54.6 Å². The lowest BCUT2D eigenvalue weighted by molar-refractivity contribution is 0.0628. The van der Waals surface area contributed by atoms with E-state index < -0.39 is 0 Å². The van der Waals surface area contributed by atoms with Crippen molar-refractivity contribution in [3.8, 4) is 0 Å². The van der Waals surface area contributed by atoms with E-state index in [4.69, 9.17) is 0 Å². The Balaban J connectivity index is 1.39. The maximum atomic E-state index is 13.1. The minimum atomic E-state index is -0.178. The summed E-state index contributed by atoms with van der Waals surface area (Å²) in [5.74, 6) is -0.169. The lowest BCUT2D eigenvalue weighted by Crippen LogP contribution is -2.48. The van der Waals surface area contributed by atoms with Gasteiger partial charge in [-0.05, 0) is 42.3 Å². The highest BCUT2D eigenvalue weighted by Gasteiger charge is 2.23. The van der Waals surface area contributed by atoms with Gasteiger partial charge in [0.15, 0.2) is 0 Å². The second-order valence-corrected chi connectivity index (χ2v) is 7.90. The number of carbonyl (C=O) groups excluding carboxylic acids is 2. The highest BCUT2D eigenvalue weighted by atomic mass is 16.2. The summed E-state index contributed by atoms with van der Waals surface area (Å²) in [7, 11) is 0. The fourth-order valence-corrected chi connectivity index (χ4v) is 3.81. The van der Waals surface area contributed by atoms with Gasteiger partial charge in [-0.25, -0.2) is 0 Å². The average Bonchev–Trinajstić information content (AvgIpc) is 2.82. The molecule has 0 unspecified atom stereocenters. The molecule has 158 valence electrons. The van der Waals surface area contributed by atoms with Crippen LogP contribution in [-0.2, 0) is 6.54 Å². The summed E-state index contributed by atoms with van der Waals surface area (Å²) in [6, 6.07) is 25.0. The van der Waals surface area contributed by atoms with Crippen molar-refractivity contribution in [2.45, 2.75) is 13.5 Å². The third kappa shape index (κ3) is 5.19. The first-order valence-corrected chi connectivity index (χ1v) is 10.6. The van der Waals surface area contributed by atoms with Crippen molar-refractivity contribution in [2.75, 3.05) is 31.5 Å². The smallest absolute Gasteiger partial charge is 0.255 e. The molecule has 5 heteroatoms. The van der Waals surface area contributed by atoms with Gasteiger partial charge in [-0.2, -0.15) is 0 Å². The van der Waals surface area contributed by atoms with Gasteiger partial charge in [0, 0.05) is 49.5 Å². The Labute approximate surface area is 183 Å². The van der Waals surface area contributed by atoms with Gasteiger partial charge in [-0.3, -0.25) is 14.5 Å². The molecule has 1 aliphatic rings. The molecule has 1 heterocycles. The summed E-state index contributed by atoms with van der Waals surface area (Å²) in [6.07, 6.45) is 0. The maximum Gasteiger partial charge on any atom is 0.255 e. The zero-order chi connectivity index (χ0) is 21.6. The van der Waals surface area contributed by atoms with E-state index in [1.165, 1.54) is 5.56 Å². The average molecular weight is 414 g/mol. The molecule has 1 fully saturated rings. The topological polar surface area (TPSA) is 52.7 Å². The number of anilines is 1. The van der Waals surface area contributed by atoms with Crippen LogP contribution in [0.4, 0.5) is 5.69 Å². The van der Waals surface area contributed by atoms with E-state index in [2.05, 4.69) is 34.5 Å². The molecular formula is C26H27N3O2. The normalized spacial score (nSPS) is 14.3. The molecule has 0 saturated carbocycles. The van der Waals surface area contributed by atoms with Crippen LogP contribution in [0.15, 0.2) is 78.9 Å². The van der Waals surface area contributed by atoms with E-state index >= 15 is 0 Å². The molecular weight excluding hydrogens is 386 g/mol. The fourth-order valence-electron chi connectivity index (χ4n) is 3.81. The first-order valence-electron chi connectivity index (χ1n) is 10.6. The quantitative estimate of drug-likeness (QED) is 0.682. The van der Waals surface area contributed by atoms with Crippen LogP contribution in [0.3, 0.4) is 0 Å². The van der Waals surface area contributed by atoms with Crippen LogP contribution in [0.2, 0.25) is 0 Å². The molecule has 0 aromatic heterocycles. The molecule has 4 rings (SSSR count). The van der Waals surface area contributed by atoms with Crippen LogP contribution in [0, 0.1) is 6.92 Å².